The molecular weight excluding hydrogens is 342 g/mol. The number of thiophene rings is 1. The average Bonchev–Trinajstić information content (AvgIpc) is 2.94. The molecule has 2 aromatic heterocycles. The van der Waals surface area contributed by atoms with Crippen molar-refractivity contribution in [3.05, 3.63) is 57.5 Å². The summed E-state index contributed by atoms with van der Waals surface area (Å²) in [6.45, 7) is 1.26. The Morgan fingerprint density at radius 2 is 2.00 bits per heavy atom. The molecule has 1 N–H and O–H groups in total. The van der Waals surface area contributed by atoms with Crippen molar-refractivity contribution in [1.82, 2.24) is 9.55 Å². The summed E-state index contributed by atoms with van der Waals surface area (Å²) in [5.41, 5.74) is 0.913. The van der Waals surface area contributed by atoms with Crippen molar-refractivity contribution >= 4 is 39.1 Å². The van der Waals surface area contributed by atoms with Crippen molar-refractivity contribution in [2.24, 2.45) is 7.05 Å². The van der Waals surface area contributed by atoms with E-state index in [-0.39, 0.29) is 10.4 Å². The molecule has 3 aromatic rings. The van der Waals surface area contributed by atoms with E-state index in [9.17, 15) is 14.4 Å². The largest absolute Gasteiger partial charge is 0.451 e. The number of carbonyl (C=O) groups excluding carboxylic acids is 2. The number of fused-ring (bicyclic) bond motifs is 1. The minimum Gasteiger partial charge on any atom is -0.451 e. The molecule has 0 saturated heterocycles. The fraction of sp³-hybridized carbons (Fsp3) is 0.176. The van der Waals surface area contributed by atoms with Crippen LogP contribution in [-0.4, -0.2) is 28.0 Å². The highest BCUT2D eigenvalue weighted by molar-refractivity contribution is 7.20. The third kappa shape index (κ3) is 3.43. The van der Waals surface area contributed by atoms with E-state index in [2.05, 4.69) is 10.3 Å². The molecule has 0 spiro atoms. The van der Waals surface area contributed by atoms with Crippen molar-refractivity contribution in [2.75, 3.05) is 11.9 Å². The molecule has 2 heterocycles. The van der Waals surface area contributed by atoms with Gasteiger partial charge in [-0.25, -0.2) is 9.78 Å². The molecule has 0 aliphatic rings. The minimum atomic E-state index is -0.647. The van der Waals surface area contributed by atoms with E-state index in [0.29, 0.717) is 21.5 Å². The van der Waals surface area contributed by atoms with Crippen LogP contribution in [0.3, 0.4) is 0 Å². The number of para-hydroxylation sites is 1. The quantitative estimate of drug-likeness (QED) is 0.722. The van der Waals surface area contributed by atoms with Crippen LogP contribution < -0.4 is 10.9 Å². The van der Waals surface area contributed by atoms with E-state index in [4.69, 9.17) is 4.74 Å². The summed E-state index contributed by atoms with van der Waals surface area (Å²) in [4.78, 5) is 41.2. The molecule has 0 bridgehead atoms. The second-order valence-corrected chi connectivity index (χ2v) is 6.39. The van der Waals surface area contributed by atoms with Gasteiger partial charge in [0, 0.05) is 12.7 Å². The fourth-order valence-corrected chi connectivity index (χ4v) is 3.35. The third-order valence-electron chi connectivity index (χ3n) is 3.59. The fourth-order valence-electron chi connectivity index (χ4n) is 2.32. The van der Waals surface area contributed by atoms with Gasteiger partial charge in [-0.15, -0.1) is 11.3 Å². The van der Waals surface area contributed by atoms with Crippen molar-refractivity contribution < 1.29 is 14.3 Å². The smallest absolute Gasteiger partial charge is 0.349 e. The first-order valence-electron chi connectivity index (χ1n) is 7.44. The number of aromatic nitrogens is 2. The van der Waals surface area contributed by atoms with Gasteiger partial charge in [0.05, 0.1) is 11.7 Å². The molecule has 0 aliphatic heterocycles. The zero-order valence-electron chi connectivity index (χ0n) is 13.6. The predicted molar refractivity (Wildman–Crippen MR) is 95.0 cm³/mol. The van der Waals surface area contributed by atoms with E-state index in [0.717, 1.165) is 11.3 Å². The second-order valence-electron chi connectivity index (χ2n) is 5.39. The molecule has 8 heteroatoms. The van der Waals surface area contributed by atoms with Crippen LogP contribution in [-0.2, 0) is 16.6 Å². The van der Waals surface area contributed by atoms with Gasteiger partial charge >= 0.3 is 5.97 Å². The Bertz CT molecular complexity index is 1010. The van der Waals surface area contributed by atoms with Gasteiger partial charge in [-0.2, -0.15) is 0 Å². The molecule has 0 radical (unpaired) electrons. The Labute approximate surface area is 146 Å². The van der Waals surface area contributed by atoms with Crippen LogP contribution in [0, 0.1) is 6.92 Å². The third-order valence-corrected chi connectivity index (χ3v) is 4.77. The Morgan fingerprint density at radius 3 is 2.72 bits per heavy atom. The molecule has 0 saturated carbocycles. The van der Waals surface area contributed by atoms with Crippen LogP contribution in [0.15, 0.2) is 41.5 Å². The van der Waals surface area contributed by atoms with Crippen molar-refractivity contribution in [2.45, 2.75) is 6.92 Å². The number of esters is 1. The predicted octanol–water partition coefficient (Wildman–Crippen LogP) is 2.10. The van der Waals surface area contributed by atoms with Crippen LogP contribution in [0.5, 0.6) is 0 Å². The lowest BCUT2D eigenvalue weighted by atomic mass is 10.2. The molecule has 128 valence electrons. The van der Waals surface area contributed by atoms with Gasteiger partial charge in [-0.3, -0.25) is 9.59 Å². The summed E-state index contributed by atoms with van der Waals surface area (Å²) in [5, 5.41) is 3.03. The summed E-state index contributed by atoms with van der Waals surface area (Å²) < 4.78 is 6.42. The summed E-state index contributed by atoms with van der Waals surface area (Å²) in [7, 11) is 1.60. The lowest BCUT2D eigenvalue weighted by Crippen LogP contribution is -2.21. The summed E-state index contributed by atoms with van der Waals surface area (Å²) >= 11 is 1.08. The van der Waals surface area contributed by atoms with E-state index >= 15 is 0 Å². The zero-order chi connectivity index (χ0) is 18.0. The molecular formula is C17H15N3O4S. The van der Waals surface area contributed by atoms with E-state index < -0.39 is 18.5 Å². The number of rotatable bonds is 4. The molecule has 0 atom stereocenters. The average molecular weight is 357 g/mol. The number of anilines is 1. The molecule has 0 fully saturated rings. The molecule has 0 unspecified atom stereocenters. The molecule has 1 aromatic carbocycles. The van der Waals surface area contributed by atoms with Crippen LogP contribution in [0.25, 0.3) is 10.2 Å². The van der Waals surface area contributed by atoms with Crippen molar-refractivity contribution in [3.8, 4) is 0 Å². The first-order chi connectivity index (χ1) is 12.0. The molecule has 25 heavy (non-hydrogen) atoms. The Morgan fingerprint density at radius 1 is 1.28 bits per heavy atom. The maximum atomic E-state index is 12.3. The Balaban J connectivity index is 1.72. The highest BCUT2D eigenvalue weighted by Crippen LogP contribution is 2.27. The summed E-state index contributed by atoms with van der Waals surface area (Å²) in [5.74, 6) is -1.09. The number of nitrogens with zero attached hydrogens (tertiary/aromatic N) is 2. The van der Waals surface area contributed by atoms with E-state index in [1.165, 1.54) is 10.9 Å². The van der Waals surface area contributed by atoms with E-state index in [1.807, 2.05) is 6.07 Å². The van der Waals surface area contributed by atoms with Crippen LogP contribution >= 0.6 is 11.3 Å². The number of carbonyl (C=O) groups is 2. The Hall–Kier alpha value is -3.00. The first-order valence-corrected chi connectivity index (χ1v) is 8.25. The maximum Gasteiger partial charge on any atom is 0.349 e. The first kappa shape index (κ1) is 16.8. The number of hydrogen-bond acceptors (Lipinski definition) is 6. The molecule has 0 aliphatic carbocycles. The number of benzene rings is 1. The molecule has 7 nitrogen and oxygen atoms in total. The van der Waals surface area contributed by atoms with Crippen molar-refractivity contribution in [3.63, 3.8) is 0 Å². The highest BCUT2D eigenvalue weighted by Gasteiger charge is 2.20. The number of ether oxygens (including phenoxy) is 1. The van der Waals surface area contributed by atoms with E-state index in [1.54, 1.807) is 38.2 Å². The van der Waals surface area contributed by atoms with Crippen LogP contribution in [0.4, 0.5) is 5.69 Å². The normalized spacial score (nSPS) is 10.6. The number of nitrogens with one attached hydrogen (secondary N) is 1. The monoisotopic (exact) mass is 357 g/mol. The summed E-state index contributed by atoms with van der Waals surface area (Å²) in [6.07, 6.45) is 1.41. The lowest BCUT2D eigenvalue weighted by Gasteiger charge is -2.06. The molecule has 3 rings (SSSR count). The van der Waals surface area contributed by atoms with Gasteiger partial charge in [0.15, 0.2) is 6.61 Å². The van der Waals surface area contributed by atoms with Gasteiger partial charge < -0.3 is 14.6 Å². The van der Waals surface area contributed by atoms with Crippen molar-refractivity contribution in [1.29, 1.82) is 0 Å². The SMILES string of the molecule is Cc1c(C(=O)OCC(=O)Nc2ccccc2)sc2ncn(C)c(=O)c12. The van der Waals surface area contributed by atoms with Gasteiger partial charge in [0.25, 0.3) is 11.5 Å². The van der Waals surface area contributed by atoms with Crippen LogP contribution in [0.1, 0.15) is 15.2 Å². The standard InChI is InChI=1S/C17H15N3O4S/c1-10-13-15(18-9-20(2)16(13)22)25-14(10)17(23)24-8-12(21)19-11-6-4-3-5-7-11/h3-7,9H,8H2,1-2H3,(H,19,21). The Kier molecular flexibility index (Phi) is 4.62. The number of amides is 1. The van der Waals surface area contributed by atoms with Gasteiger partial charge in [-0.05, 0) is 24.6 Å². The number of aryl methyl sites for hydroxylation is 2. The maximum absolute atomic E-state index is 12.3. The van der Waals surface area contributed by atoms with Gasteiger partial charge in [0.1, 0.15) is 9.71 Å². The second kappa shape index (κ2) is 6.86. The number of hydrogen-bond donors (Lipinski definition) is 1. The zero-order valence-corrected chi connectivity index (χ0v) is 14.4. The lowest BCUT2D eigenvalue weighted by molar-refractivity contribution is -0.119. The van der Waals surface area contributed by atoms with Gasteiger partial charge in [-0.1, -0.05) is 18.2 Å². The highest BCUT2D eigenvalue weighted by atomic mass is 32.1. The van der Waals surface area contributed by atoms with Gasteiger partial charge in [0.2, 0.25) is 0 Å². The topological polar surface area (TPSA) is 90.3 Å². The van der Waals surface area contributed by atoms with Crippen LogP contribution in [0.2, 0.25) is 0 Å². The minimum absolute atomic E-state index is 0.223. The summed E-state index contributed by atoms with van der Waals surface area (Å²) in [6, 6.07) is 8.87. The molecule has 1 amide bonds.